The molecule has 21 nitrogen and oxygen atoms in total. The van der Waals surface area contributed by atoms with Crippen LogP contribution in [0, 0.1) is 5.92 Å². The van der Waals surface area contributed by atoms with E-state index < -0.39 is 96.6 Å². The summed E-state index contributed by atoms with van der Waals surface area (Å²) < 4.78 is 0. The van der Waals surface area contributed by atoms with E-state index >= 15 is 0 Å². The largest absolute Gasteiger partial charge is 0.508 e. The summed E-state index contributed by atoms with van der Waals surface area (Å²) in [5, 5.41) is 43.7. The highest BCUT2D eigenvalue weighted by molar-refractivity contribution is 5.97. The maximum atomic E-state index is 14.3. The first-order valence-corrected chi connectivity index (χ1v) is 19.6. The van der Waals surface area contributed by atoms with Crippen molar-refractivity contribution in [3.63, 3.8) is 0 Å². The molecule has 334 valence electrons. The van der Waals surface area contributed by atoms with Crippen molar-refractivity contribution in [3.05, 3.63) is 65.7 Å². The number of amides is 6. The standard InChI is InChI=1S/C40H58N10O11/c1-22(2)18-29(48-35(56)28(15-16-33(53)54)46-32(52)21-41)36(57)49-31(20-25-11-13-26(51)14-12-25)38(59)50-30(19-24-8-5-4-6-9-24)37(58)47-27(10-7-17-44-40(42)43)34(55)45-23(3)39(60)61/h4-6,8-9,11-14,22-23,27-31,51H,7,10,15-21,41H2,1-3H3,(H,45,55)(H,46,52)(H,47,58)(H,48,56)(H,49,57)(H,50,59)(H,53,54)(H,60,61)(H4,42,43,44)/t23-,27-,28-,29-,30-,31-/m0/s1. The number of aromatic hydroxyl groups is 1. The first-order valence-electron chi connectivity index (χ1n) is 19.6. The molecule has 0 unspecified atom stereocenters. The van der Waals surface area contributed by atoms with Crippen LogP contribution >= 0.6 is 0 Å². The molecule has 21 heteroatoms. The van der Waals surface area contributed by atoms with Crippen molar-refractivity contribution < 1.29 is 53.7 Å². The van der Waals surface area contributed by atoms with Crippen molar-refractivity contribution in [1.82, 2.24) is 31.9 Å². The molecule has 0 bridgehead atoms. The molecule has 0 heterocycles. The van der Waals surface area contributed by atoms with E-state index in [4.69, 9.17) is 17.2 Å². The summed E-state index contributed by atoms with van der Waals surface area (Å²) in [4.78, 5) is 108. The Morgan fingerprint density at radius 2 is 1.10 bits per heavy atom. The Hall–Kier alpha value is -6.77. The normalized spacial score (nSPS) is 13.8. The van der Waals surface area contributed by atoms with Crippen molar-refractivity contribution in [2.45, 2.75) is 102 Å². The molecule has 0 aliphatic rings. The summed E-state index contributed by atoms with van der Waals surface area (Å²) in [7, 11) is 0. The van der Waals surface area contributed by atoms with Gasteiger partial charge in [-0.2, -0.15) is 0 Å². The number of carboxylic acid groups (broad SMARTS) is 2. The van der Waals surface area contributed by atoms with E-state index in [2.05, 4.69) is 36.9 Å². The quantitative estimate of drug-likeness (QED) is 0.0280. The fraction of sp³-hybridized carbons (Fsp3) is 0.475. The van der Waals surface area contributed by atoms with E-state index in [1.54, 1.807) is 44.2 Å². The minimum Gasteiger partial charge on any atom is -0.508 e. The molecule has 6 amide bonds. The monoisotopic (exact) mass is 854 g/mol. The molecule has 0 aliphatic heterocycles. The van der Waals surface area contributed by atoms with Crippen LogP contribution in [-0.2, 0) is 51.2 Å². The number of hydrogen-bond donors (Lipinski definition) is 12. The van der Waals surface area contributed by atoms with Crippen molar-refractivity contribution in [2.75, 3.05) is 13.1 Å². The van der Waals surface area contributed by atoms with Gasteiger partial charge in [0.2, 0.25) is 35.4 Å². The third-order valence-corrected chi connectivity index (χ3v) is 9.06. The molecule has 0 fully saturated rings. The summed E-state index contributed by atoms with van der Waals surface area (Å²) in [5.74, 6) is -7.92. The van der Waals surface area contributed by atoms with Crippen molar-refractivity contribution in [1.29, 1.82) is 0 Å². The fourth-order valence-corrected chi connectivity index (χ4v) is 5.87. The number of phenolic OH excluding ortho intramolecular Hbond substituents is 1. The maximum absolute atomic E-state index is 14.3. The number of aliphatic imine (C=N–C) groups is 1. The molecular weight excluding hydrogens is 796 g/mol. The molecule has 2 rings (SSSR count). The molecule has 0 saturated heterocycles. The van der Waals surface area contributed by atoms with Gasteiger partial charge in [-0.3, -0.25) is 43.3 Å². The summed E-state index contributed by atoms with van der Waals surface area (Å²) in [6.07, 6.45) is -0.836. The van der Waals surface area contributed by atoms with Crippen molar-refractivity contribution in [3.8, 4) is 5.75 Å². The molecule has 6 atom stereocenters. The zero-order valence-corrected chi connectivity index (χ0v) is 34.4. The van der Waals surface area contributed by atoms with Gasteiger partial charge in [0.15, 0.2) is 5.96 Å². The van der Waals surface area contributed by atoms with Crippen LogP contribution in [0.4, 0.5) is 0 Å². The van der Waals surface area contributed by atoms with Gasteiger partial charge in [-0.25, -0.2) is 0 Å². The lowest BCUT2D eigenvalue weighted by atomic mass is 9.99. The number of hydrogen-bond acceptors (Lipinski definition) is 11. The number of nitrogens with two attached hydrogens (primary N) is 3. The number of nitrogens with one attached hydrogen (secondary N) is 6. The highest BCUT2D eigenvalue weighted by atomic mass is 16.4. The number of rotatable bonds is 26. The molecule has 15 N–H and O–H groups in total. The van der Waals surface area contributed by atoms with E-state index in [9.17, 15) is 53.7 Å². The van der Waals surface area contributed by atoms with Crippen LogP contribution in [0.25, 0.3) is 0 Å². The summed E-state index contributed by atoms with van der Waals surface area (Å²) in [6.45, 7) is 4.39. The van der Waals surface area contributed by atoms with Gasteiger partial charge < -0.3 is 64.4 Å². The molecule has 0 spiro atoms. The van der Waals surface area contributed by atoms with Gasteiger partial charge in [-0.15, -0.1) is 0 Å². The molecule has 2 aromatic carbocycles. The topological polar surface area (TPSA) is 360 Å². The van der Waals surface area contributed by atoms with Gasteiger partial charge in [0, 0.05) is 25.8 Å². The third kappa shape index (κ3) is 19.2. The minimum atomic E-state index is -1.41. The predicted octanol–water partition coefficient (Wildman–Crippen LogP) is -1.89. The van der Waals surface area contributed by atoms with E-state index in [1.807, 2.05) is 0 Å². The van der Waals surface area contributed by atoms with Crippen LogP contribution < -0.4 is 49.1 Å². The van der Waals surface area contributed by atoms with Crippen LogP contribution in [-0.4, -0.2) is 118 Å². The number of carbonyl (C=O) groups excluding carboxylic acids is 6. The van der Waals surface area contributed by atoms with E-state index in [0.29, 0.717) is 11.1 Å². The highest BCUT2D eigenvalue weighted by Crippen LogP contribution is 2.14. The molecule has 2 aromatic rings. The SMILES string of the molecule is CC(C)C[C@H](NC(=O)[C@H](CCC(=O)O)NC(=O)CN)C(=O)N[C@@H](Cc1ccc(O)cc1)C(=O)N[C@@H](Cc1ccccc1)C(=O)N[C@@H](CCCN=C(N)N)C(=O)N[C@@H](C)C(=O)O. The predicted molar refractivity (Wildman–Crippen MR) is 222 cm³/mol. The van der Waals surface area contributed by atoms with Gasteiger partial charge in [0.25, 0.3) is 0 Å². The van der Waals surface area contributed by atoms with Crippen LogP contribution in [0.3, 0.4) is 0 Å². The third-order valence-electron chi connectivity index (χ3n) is 9.06. The smallest absolute Gasteiger partial charge is 0.325 e. The summed E-state index contributed by atoms with van der Waals surface area (Å²) in [6, 6.07) is 6.32. The van der Waals surface area contributed by atoms with Crippen LogP contribution in [0.2, 0.25) is 0 Å². The molecule has 0 aliphatic carbocycles. The Morgan fingerprint density at radius 1 is 0.623 bits per heavy atom. The summed E-state index contributed by atoms with van der Waals surface area (Å²) in [5.41, 5.74) is 17.3. The number of carboxylic acids is 2. The Balaban J connectivity index is 2.51. The molecule has 0 aromatic heterocycles. The van der Waals surface area contributed by atoms with Gasteiger partial charge in [-0.05, 0) is 61.8 Å². The van der Waals surface area contributed by atoms with E-state index in [-0.39, 0.29) is 62.7 Å². The zero-order valence-electron chi connectivity index (χ0n) is 34.4. The van der Waals surface area contributed by atoms with Crippen LogP contribution in [0.1, 0.15) is 64.0 Å². The average molecular weight is 855 g/mol. The maximum Gasteiger partial charge on any atom is 0.325 e. The Morgan fingerprint density at radius 3 is 1.61 bits per heavy atom. The molecule has 61 heavy (non-hydrogen) atoms. The summed E-state index contributed by atoms with van der Waals surface area (Å²) >= 11 is 0. The second kappa shape index (κ2) is 25.7. The number of nitrogens with zero attached hydrogens (tertiary/aromatic N) is 1. The highest BCUT2D eigenvalue weighted by Gasteiger charge is 2.33. The van der Waals surface area contributed by atoms with Gasteiger partial charge in [0.1, 0.15) is 42.0 Å². The zero-order chi connectivity index (χ0) is 45.6. The van der Waals surface area contributed by atoms with Crippen molar-refractivity contribution >= 4 is 53.3 Å². The van der Waals surface area contributed by atoms with Crippen LogP contribution in [0.15, 0.2) is 59.6 Å². The first kappa shape index (κ1) is 50.4. The average Bonchev–Trinajstić information content (AvgIpc) is 3.20. The lowest BCUT2D eigenvalue weighted by molar-refractivity contribution is -0.142. The Kier molecular flexibility index (Phi) is 21.2. The van der Waals surface area contributed by atoms with E-state index in [0.717, 1.165) is 0 Å². The number of phenols is 1. The first-order chi connectivity index (χ1) is 28.8. The van der Waals surface area contributed by atoms with Gasteiger partial charge >= 0.3 is 11.9 Å². The van der Waals surface area contributed by atoms with Crippen molar-refractivity contribution in [2.24, 2.45) is 28.1 Å². The Labute approximate surface area is 353 Å². The lowest BCUT2D eigenvalue weighted by Gasteiger charge is -2.28. The fourth-order valence-electron chi connectivity index (χ4n) is 5.87. The molecule has 0 saturated carbocycles. The number of guanidine groups is 1. The van der Waals surface area contributed by atoms with Gasteiger partial charge in [-0.1, -0.05) is 56.3 Å². The van der Waals surface area contributed by atoms with E-state index in [1.165, 1.54) is 31.2 Å². The lowest BCUT2D eigenvalue weighted by Crippen LogP contribution is -2.60. The molecule has 0 radical (unpaired) electrons. The molecular formula is C40H58N10O11. The minimum absolute atomic E-state index is 0.0255. The second-order valence-electron chi connectivity index (χ2n) is 14.7. The van der Waals surface area contributed by atoms with Gasteiger partial charge in [0.05, 0.1) is 6.54 Å². The number of carbonyl (C=O) groups is 8. The Bertz CT molecular complexity index is 1840. The number of benzene rings is 2. The number of aliphatic carboxylic acids is 2. The van der Waals surface area contributed by atoms with Crippen LogP contribution in [0.5, 0.6) is 5.75 Å². The second-order valence-corrected chi connectivity index (χ2v) is 14.7.